The summed E-state index contributed by atoms with van der Waals surface area (Å²) in [5, 5.41) is 0. The number of carbonyl (C=O) groups is 1. The van der Waals surface area contributed by atoms with Crippen LogP contribution in [-0.4, -0.2) is 30.9 Å². The average molecular weight is 237 g/mol. The maximum atomic E-state index is 11.9. The van der Waals surface area contributed by atoms with Gasteiger partial charge >= 0.3 is 5.97 Å². The molecule has 0 saturated heterocycles. The van der Waals surface area contributed by atoms with Crippen molar-refractivity contribution < 1.29 is 14.3 Å². The van der Waals surface area contributed by atoms with Crippen LogP contribution in [-0.2, 0) is 14.3 Å². The Morgan fingerprint density at radius 3 is 2.88 bits per heavy atom. The van der Waals surface area contributed by atoms with Crippen LogP contribution in [0.15, 0.2) is 16.8 Å². The second-order valence-corrected chi connectivity index (χ2v) is 5.67. The predicted molar refractivity (Wildman–Crippen MR) is 64.8 cm³/mol. The molecule has 2 heterocycles. The molecule has 0 saturated carbocycles. The Bertz CT molecular complexity index is 390. The van der Waals surface area contributed by atoms with E-state index in [1.165, 1.54) is 0 Å². The molecule has 2 aliphatic heterocycles. The number of hydrogen-bond donors (Lipinski definition) is 0. The van der Waals surface area contributed by atoms with E-state index in [1.807, 2.05) is 27.7 Å². The number of ether oxygens (including phenoxy) is 2. The minimum Gasteiger partial charge on any atom is -0.500 e. The van der Waals surface area contributed by atoms with E-state index in [9.17, 15) is 4.79 Å². The molecular weight excluding hydrogens is 218 g/mol. The van der Waals surface area contributed by atoms with Crippen molar-refractivity contribution >= 4 is 11.7 Å². The van der Waals surface area contributed by atoms with Crippen LogP contribution in [0.5, 0.6) is 0 Å². The lowest BCUT2D eigenvalue weighted by Crippen LogP contribution is -2.38. The summed E-state index contributed by atoms with van der Waals surface area (Å²) >= 11 is 0. The Morgan fingerprint density at radius 2 is 2.24 bits per heavy atom. The van der Waals surface area contributed by atoms with Crippen LogP contribution in [0.2, 0.25) is 0 Å². The van der Waals surface area contributed by atoms with E-state index in [4.69, 9.17) is 9.47 Å². The number of fused-ring (bicyclic) bond motifs is 1. The molecule has 0 amide bonds. The molecule has 0 aromatic rings. The molecule has 0 bridgehead atoms. The Kier molecular flexibility index (Phi) is 2.98. The maximum absolute atomic E-state index is 11.9. The number of nitrogens with zero attached hydrogens (tertiary/aromatic N) is 1. The molecule has 0 radical (unpaired) electrons. The topological polar surface area (TPSA) is 47.9 Å². The van der Waals surface area contributed by atoms with Gasteiger partial charge in [-0.05, 0) is 27.7 Å². The molecule has 2 aliphatic rings. The van der Waals surface area contributed by atoms with Gasteiger partial charge in [0.15, 0.2) is 6.10 Å². The lowest BCUT2D eigenvalue weighted by molar-refractivity contribution is -0.154. The van der Waals surface area contributed by atoms with Gasteiger partial charge in [-0.3, -0.25) is 9.79 Å². The number of rotatable bonds is 1. The van der Waals surface area contributed by atoms with E-state index >= 15 is 0 Å². The largest absolute Gasteiger partial charge is 0.500 e. The SMILES string of the molecule is CC1=NCC2COC=C2C1OC(=O)C(C)(C)C. The highest BCUT2D eigenvalue weighted by molar-refractivity contribution is 5.92. The van der Waals surface area contributed by atoms with Crippen molar-refractivity contribution in [1.82, 2.24) is 0 Å². The zero-order valence-electron chi connectivity index (χ0n) is 10.8. The molecule has 4 nitrogen and oxygen atoms in total. The number of hydrogen-bond acceptors (Lipinski definition) is 4. The van der Waals surface area contributed by atoms with Gasteiger partial charge in [0.25, 0.3) is 0 Å². The van der Waals surface area contributed by atoms with Crippen LogP contribution < -0.4 is 0 Å². The zero-order chi connectivity index (χ0) is 12.6. The molecular formula is C13H19NO3. The van der Waals surface area contributed by atoms with Crippen LogP contribution in [0.25, 0.3) is 0 Å². The molecule has 0 aromatic heterocycles. The van der Waals surface area contributed by atoms with Crippen molar-refractivity contribution in [2.75, 3.05) is 13.2 Å². The lowest BCUT2D eigenvalue weighted by Gasteiger charge is -2.28. The number of esters is 1. The number of carbonyl (C=O) groups excluding carboxylic acids is 1. The van der Waals surface area contributed by atoms with Crippen molar-refractivity contribution in [2.45, 2.75) is 33.8 Å². The van der Waals surface area contributed by atoms with Crippen molar-refractivity contribution in [2.24, 2.45) is 16.3 Å². The standard InChI is InChI=1S/C13H19NO3/c1-8-11(17-12(15)13(2,3)4)10-7-16-6-9(10)5-14-8/h7,9,11H,5-6H2,1-4H3. The quantitative estimate of drug-likeness (QED) is 0.655. The first-order valence-electron chi connectivity index (χ1n) is 5.93. The highest BCUT2D eigenvalue weighted by atomic mass is 16.5. The smallest absolute Gasteiger partial charge is 0.312 e. The highest BCUT2D eigenvalue weighted by Gasteiger charge is 2.37. The molecule has 0 fully saturated rings. The molecule has 0 aliphatic carbocycles. The van der Waals surface area contributed by atoms with Gasteiger partial charge in [0.05, 0.1) is 24.0 Å². The molecule has 94 valence electrons. The van der Waals surface area contributed by atoms with Gasteiger partial charge < -0.3 is 9.47 Å². The zero-order valence-corrected chi connectivity index (χ0v) is 10.8. The molecule has 2 unspecified atom stereocenters. The molecule has 2 rings (SSSR count). The predicted octanol–water partition coefficient (Wildman–Crippen LogP) is 1.95. The van der Waals surface area contributed by atoms with Crippen molar-refractivity contribution in [3.05, 3.63) is 11.8 Å². The van der Waals surface area contributed by atoms with Gasteiger partial charge in [-0.15, -0.1) is 0 Å². The van der Waals surface area contributed by atoms with Gasteiger partial charge in [-0.2, -0.15) is 0 Å². The van der Waals surface area contributed by atoms with Crippen LogP contribution in [0, 0.1) is 11.3 Å². The van der Waals surface area contributed by atoms with E-state index in [1.54, 1.807) is 6.26 Å². The van der Waals surface area contributed by atoms with Crippen LogP contribution in [0.4, 0.5) is 0 Å². The third-order valence-corrected chi connectivity index (χ3v) is 3.07. The van der Waals surface area contributed by atoms with Crippen LogP contribution in [0.1, 0.15) is 27.7 Å². The fourth-order valence-corrected chi connectivity index (χ4v) is 1.90. The summed E-state index contributed by atoms with van der Waals surface area (Å²) in [7, 11) is 0. The summed E-state index contributed by atoms with van der Waals surface area (Å²) in [5.41, 5.74) is 1.42. The van der Waals surface area contributed by atoms with Gasteiger partial charge in [0, 0.05) is 18.0 Å². The molecule has 2 atom stereocenters. The van der Waals surface area contributed by atoms with Crippen LogP contribution in [0.3, 0.4) is 0 Å². The van der Waals surface area contributed by atoms with Crippen molar-refractivity contribution in [3.8, 4) is 0 Å². The molecule has 17 heavy (non-hydrogen) atoms. The van der Waals surface area contributed by atoms with E-state index in [-0.39, 0.29) is 18.0 Å². The van der Waals surface area contributed by atoms with E-state index < -0.39 is 5.41 Å². The lowest BCUT2D eigenvalue weighted by atomic mass is 9.91. The third-order valence-electron chi connectivity index (χ3n) is 3.07. The Labute approximate surface area is 102 Å². The fraction of sp³-hybridized carbons (Fsp3) is 0.692. The minimum atomic E-state index is -0.493. The van der Waals surface area contributed by atoms with E-state index in [2.05, 4.69) is 4.99 Å². The molecule has 0 spiro atoms. The highest BCUT2D eigenvalue weighted by Crippen LogP contribution is 2.30. The normalized spacial score (nSPS) is 27.8. The summed E-state index contributed by atoms with van der Waals surface area (Å²) in [5.74, 6) is 0.0713. The Hall–Kier alpha value is -1.32. The monoisotopic (exact) mass is 237 g/mol. The second-order valence-electron chi connectivity index (χ2n) is 5.67. The summed E-state index contributed by atoms with van der Waals surface area (Å²) in [6.07, 6.45) is 1.40. The first-order chi connectivity index (χ1) is 7.89. The third kappa shape index (κ3) is 2.35. The van der Waals surface area contributed by atoms with Gasteiger partial charge in [-0.1, -0.05) is 0 Å². The van der Waals surface area contributed by atoms with Crippen molar-refractivity contribution in [3.63, 3.8) is 0 Å². The second kappa shape index (κ2) is 4.17. The number of aliphatic imine (C=N–C) groups is 1. The van der Waals surface area contributed by atoms with Crippen molar-refractivity contribution in [1.29, 1.82) is 0 Å². The summed E-state index contributed by atoms with van der Waals surface area (Å²) in [6, 6.07) is 0. The summed E-state index contributed by atoms with van der Waals surface area (Å²) in [4.78, 5) is 16.3. The first-order valence-corrected chi connectivity index (χ1v) is 5.93. The van der Waals surface area contributed by atoms with Gasteiger partial charge in [-0.25, -0.2) is 0 Å². The summed E-state index contributed by atoms with van der Waals surface area (Å²) < 4.78 is 10.9. The minimum absolute atomic E-state index is 0.203. The molecule has 4 heteroatoms. The van der Waals surface area contributed by atoms with E-state index in [0.717, 1.165) is 17.8 Å². The maximum Gasteiger partial charge on any atom is 0.312 e. The van der Waals surface area contributed by atoms with Gasteiger partial charge in [0.1, 0.15) is 0 Å². The van der Waals surface area contributed by atoms with Crippen LogP contribution >= 0.6 is 0 Å². The Morgan fingerprint density at radius 1 is 1.53 bits per heavy atom. The van der Waals surface area contributed by atoms with E-state index in [0.29, 0.717) is 6.61 Å². The molecule has 0 aromatic carbocycles. The summed E-state index contributed by atoms with van der Waals surface area (Å²) in [6.45, 7) is 8.83. The Balaban J connectivity index is 2.16. The molecule has 0 N–H and O–H groups in total. The average Bonchev–Trinajstić information content (AvgIpc) is 2.68. The fourth-order valence-electron chi connectivity index (χ4n) is 1.90. The van der Waals surface area contributed by atoms with Gasteiger partial charge in [0.2, 0.25) is 0 Å². The first kappa shape index (κ1) is 12.1.